The molecule has 1 atom stereocenters. The van der Waals surface area contributed by atoms with Gasteiger partial charge in [0.1, 0.15) is 0 Å². The number of benzene rings is 2. The summed E-state index contributed by atoms with van der Waals surface area (Å²) in [7, 11) is 0.770. The Labute approximate surface area is 190 Å². The zero-order chi connectivity index (χ0) is 22.0. The van der Waals surface area contributed by atoms with Gasteiger partial charge in [0.25, 0.3) is 0 Å². The Kier molecular flexibility index (Phi) is 6.93. The van der Waals surface area contributed by atoms with Crippen molar-refractivity contribution >= 4 is 33.2 Å². The molecule has 0 saturated carbocycles. The quantitative estimate of drug-likeness (QED) is 0.578. The fraction of sp³-hybridized carbons (Fsp3) is 0.478. The summed E-state index contributed by atoms with van der Waals surface area (Å²) < 4.78 is 28.4. The molecule has 2 aromatic rings. The van der Waals surface area contributed by atoms with Crippen LogP contribution in [0.25, 0.3) is 0 Å². The summed E-state index contributed by atoms with van der Waals surface area (Å²) in [5.41, 5.74) is 2.88. The zero-order valence-corrected chi connectivity index (χ0v) is 20.2. The SMILES string of the molecule is CC(c1ccc2c(c1)Nc1ccccc1S2)S(=O)(=O)N1CCN(CCCN(C)C)CC1. The molecule has 1 fully saturated rings. The number of hydrogen-bond donors (Lipinski definition) is 1. The predicted octanol–water partition coefficient (Wildman–Crippen LogP) is 3.85. The number of para-hydroxylation sites is 1. The van der Waals surface area contributed by atoms with E-state index in [1.165, 1.54) is 4.90 Å². The van der Waals surface area contributed by atoms with Crippen molar-refractivity contribution in [3.8, 4) is 0 Å². The Hall–Kier alpha value is -1.58. The van der Waals surface area contributed by atoms with E-state index in [4.69, 9.17) is 0 Å². The van der Waals surface area contributed by atoms with E-state index in [0.29, 0.717) is 13.1 Å². The van der Waals surface area contributed by atoms with Gasteiger partial charge in [0.15, 0.2) is 0 Å². The van der Waals surface area contributed by atoms with E-state index in [0.717, 1.165) is 54.4 Å². The maximum absolute atomic E-state index is 13.3. The summed E-state index contributed by atoms with van der Waals surface area (Å²) in [4.78, 5) is 6.87. The van der Waals surface area contributed by atoms with E-state index in [2.05, 4.69) is 41.3 Å². The van der Waals surface area contributed by atoms with Crippen molar-refractivity contribution in [2.75, 3.05) is 58.7 Å². The summed E-state index contributed by atoms with van der Waals surface area (Å²) in [6.07, 6.45) is 1.11. The van der Waals surface area contributed by atoms with Crippen LogP contribution in [0.4, 0.5) is 11.4 Å². The molecule has 0 aromatic heterocycles. The highest BCUT2D eigenvalue weighted by atomic mass is 32.2. The molecule has 8 heteroatoms. The third kappa shape index (κ3) is 5.09. The molecule has 31 heavy (non-hydrogen) atoms. The summed E-state index contributed by atoms with van der Waals surface area (Å²) in [5, 5.41) is 2.89. The average Bonchev–Trinajstić information content (AvgIpc) is 2.77. The first-order valence-corrected chi connectivity index (χ1v) is 13.2. The molecule has 2 aliphatic rings. The van der Waals surface area contributed by atoms with E-state index >= 15 is 0 Å². The molecular weight excluding hydrogens is 428 g/mol. The Morgan fingerprint density at radius 3 is 2.48 bits per heavy atom. The number of rotatable bonds is 7. The number of nitrogens with one attached hydrogen (secondary N) is 1. The van der Waals surface area contributed by atoms with Crippen LogP contribution in [-0.2, 0) is 10.0 Å². The standard InChI is InChI=1S/C23H32N4O2S2/c1-18(31(28,29)27-15-13-26(14-16-27)12-6-11-25(2)3)19-9-10-23-21(17-19)24-20-7-4-5-8-22(20)30-23/h4-5,7-10,17-18,24H,6,11-16H2,1-3H3. The van der Waals surface area contributed by atoms with Gasteiger partial charge in [-0.1, -0.05) is 30.0 Å². The highest BCUT2D eigenvalue weighted by Crippen LogP contribution is 2.45. The van der Waals surface area contributed by atoms with Crippen LogP contribution in [0, 0.1) is 0 Å². The highest BCUT2D eigenvalue weighted by molar-refractivity contribution is 7.99. The molecular formula is C23H32N4O2S2. The minimum absolute atomic E-state index is 0.568. The third-order valence-corrected chi connectivity index (χ3v) is 9.47. The van der Waals surface area contributed by atoms with Gasteiger partial charge >= 0.3 is 0 Å². The second kappa shape index (κ2) is 9.50. The van der Waals surface area contributed by atoms with Crippen molar-refractivity contribution < 1.29 is 8.42 Å². The van der Waals surface area contributed by atoms with Crippen LogP contribution in [0.15, 0.2) is 52.3 Å². The van der Waals surface area contributed by atoms with Crippen molar-refractivity contribution in [1.82, 2.24) is 14.1 Å². The van der Waals surface area contributed by atoms with Crippen LogP contribution >= 0.6 is 11.8 Å². The Balaban J connectivity index is 1.41. The molecule has 0 spiro atoms. The van der Waals surface area contributed by atoms with Gasteiger partial charge in [-0.25, -0.2) is 8.42 Å². The number of hydrogen-bond acceptors (Lipinski definition) is 6. The van der Waals surface area contributed by atoms with Crippen molar-refractivity contribution in [1.29, 1.82) is 0 Å². The molecule has 4 rings (SSSR count). The molecule has 1 N–H and O–H groups in total. The Morgan fingerprint density at radius 2 is 1.74 bits per heavy atom. The van der Waals surface area contributed by atoms with Gasteiger partial charge in [0.05, 0.1) is 16.6 Å². The monoisotopic (exact) mass is 460 g/mol. The molecule has 0 radical (unpaired) electrons. The number of sulfonamides is 1. The van der Waals surface area contributed by atoms with Gasteiger partial charge < -0.3 is 15.1 Å². The Morgan fingerprint density at radius 1 is 1.03 bits per heavy atom. The lowest BCUT2D eigenvalue weighted by atomic mass is 10.1. The van der Waals surface area contributed by atoms with Gasteiger partial charge in [0, 0.05) is 36.0 Å². The molecule has 0 aliphatic carbocycles. The van der Waals surface area contributed by atoms with Crippen LogP contribution in [0.1, 0.15) is 24.2 Å². The Bertz CT molecular complexity index is 1020. The smallest absolute Gasteiger partial charge is 0.220 e. The second-order valence-electron chi connectivity index (χ2n) is 8.56. The molecule has 1 unspecified atom stereocenters. The lowest BCUT2D eigenvalue weighted by Crippen LogP contribution is -2.49. The normalized spacial score (nSPS) is 18.3. The van der Waals surface area contributed by atoms with E-state index in [1.807, 2.05) is 37.3 Å². The van der Waals surface area contributed by atoms with E-state index in [9.17, 15) is 8.42 Å². The summed E-state index contributed by atoms with van der Waals surface area (Å²) in [6, 6.07) is 14.2. The van der Waals surface area contributed by atoms with Crippen molar-refractivity contribution in [3.63, 3.8) is 0 Å². The molecule has 2 aliphatic heterocycles. The molecule has 6 nitrogen and oxygen atoms in total. The first kappa shape index (κ1) is 22.6. The van der Waals surface area contributed by atoms with E-state index < -0.39 is 15.3 Å². The lowest BCUT2D eigenvalue weighted by molar-refractivity contribution is 0.181. The van der Waals surface area contributed by atoms with Crippen molar-refractivity contribution in [3.05, 3.63) is 48.0 Å². The van der Waals surface area contributed by atoms with Gasteiger partial charge in [-0.3, -0.25) is 0 Å². The summed E-state index contributed by atoms with van der Waals surface area (Å²) in [5.74, 6) is 0. The predicted molar refractivity (Wildman–Crippen MR) is 129 cm³/mol. The summed E-state index contributed by atoms with van der Waals surface area (Å²) >= 11 is 1.72. The minimum Gasteiger partial charge on any atom is -0.354 e. The van der Waals surface area contributed by atoms with E-state index in [-0.39, 0.29) is 0 Å². The third-order valence-electron chi connectivity index (χ3n) is 6.07. The molecule has 2 aromatic carbocycles. The van der Waals surface area contributed by atoms with Gasteiger partial charge in [-0.15, -0.1) is 0 Å². The number of anilines is 2. The van der Waals surface area contributed by atoms with Gasteiger partial charge in [0.2, 0.25) is 10.0 Å². The molecule has 0 bridgehead atoms. The van der Waals surface area contributed by atoms with Crippen LogP contribution in [0.3, 0.4) is 0 Å². The first-order chi connectivity index (χ1) is 14.8. The van der Waals surface area contributed by atoms with Gasteiger partial charge in [-0.05, 0) is 70.4 Å². The minimum atomic E-state index is -3.40. The fourth-order valence-electron chi connectivity index (χ4n) is 4.12. The number of fused-ring (bicyclic) bond motifs is 2. The average molecular weight is 461 g/mol. The maximum atomic E-state index is 13.3. The van der Waals surface area contributed by atoms with Crippen molar-refractivity contribution in [2.45, 2.75) is 28.4 Å². The van der Waals surface area contributed by atoms with E-state index in [1.54, 1.807) is 16.1 Å². The second-order valence-corrected chi connectivity index (χ2v) is 11.9. The summed E-state index contributed by atoms with van der Waals surface area (Å²) in [6.45, 7) is 6.64. The molecule has 2 heterocycles. The maximum Gasteiger partial charge on any atom is 0.220 e. The largest absolute Gasteiger partial charge is 0.354 e. The van der Waals surface area contributed by atoms with Crippen LogP contribution in [-0.4, -0.2) is 75.9 Å². The number of piperazine rings is 1. The van der Waals surface area contributed by atoms with Crippen molar-refractivity contribution in [2.24, 2.45) is 0 Å². The molecule has 0 amide bonds. The molecule has 168 valence electrons. The van der Waals surface area contributed by atoms with Gasteiger partial charge in [-0.2, -0.15) is 4.31 Å². The number of nitrogens with zero attached hydrogens (tertiary/aromatic N) is 3. The first-order valence-electron chi connectivity index (χ1n) is 10.9. The fourth-order valence-corrected chi connectivity index (χ4v) is 6.70. The van der Waals surface area contributed by atoms with Crippen LogP contribution in [0.5, 0.6) is 0 Å². The molecule has 1 saturated heterocycles. The highest BCUT2D eigenvalue weighted by Gasteiger charge is 2.33. The van der Waals surface area contributed by atoms with Crippen LogP contribution < -0.4 is 5.32 Å². The topological polar surface area (TPSA) is 55.9 Å². The lowest BCUT2D eigenvalue weighted by Gasteiger charge is -2.35. The van der Waals surface area contributed by atoms with Crippen LogP contribution in [0.2, 0.25) is 0 Å². The zero-order valence-electron chi connectivity index (χ0n) is 18.5.